The molecule has 0 radical (unpaired) electrons. The SMILES string of the molecule is C=C/C=C\C=C/Nc1ccccc1C1(C(=C)/C=C\C=C/C)c2ccccc2-c2ccc(-c3ccccc3C3C=CC=C/C3=C(/N=C)c3ccc(-c4ccccc4)cc3)cc21. The third kappa shape index (κ3) is 7.36. The van der Waals surface area contributed by atoms with Crippen molar-refractivity contribution in [3.8, 4) is 33.4 Å². The van der Waals surface area contributed by atoms with E-state index in [-0.39, 0.29) is 5.92 Å². The van der Waals surface area contributed by atoms with Crippen LogP contribution in [-0.4, -0.2) is 6.72 Å². The molecule has 2 heteroatoms. The fraction of sp³-hybridized carbons (Fsp3) is 0.0517. The van der Waals surface area contributed by atoms with Crippen LogP contribution >= 0.6 is 0 Å². The molecule has 0 aromatic heterocycles. The van der Waals surface area contributed by atoms with Crippen LogP contribution in [0.4, 0.5) is 5.69 Å². The standard InChI is InChI=1S/C58H48N2/c1-5-7-9-22-40-60-56-33-21-20-32-54(56)58(42(3)23-11-8-6-2)53-31-19-18-29-50(53)51-39-38-46(41-55(51)58)47-26-14-15-27-48(47)49-28-16-17-30-52(49)57(59-4)45-36-34-44(35-37-45)43-24-12-10-13-25-43/h5-41,49,60H,1,3-4H2,2H3/b8-6-,9-7-,23-11-,40-22-,57-52-. The predicted octanol–water partition coefficient (Wildman–Crippen LogP) is 15.0. The van der Waals surface area contributed by atoms with E-state index in [4.69, 9.17) is 6.58 Å². The Kier molecular flexibility index (Phi) is 11.7. The molecule has 0 saturated heterocycles. The summed E-state index contributed by atoms with van der Waals surface area (Å²) in [6, 6.07) is 52.3. The van der Waals surface area contributed by atoms with Crippen molar-refractivity contribution in [2.24, 2.45) is 4.99 Å². The number of nitrogens with zero attached hydrogens (tertiary/aromatic N) is 1. The summed E-state index contributed by atoms with van der Waals surface area (Å²) in [6.45, 7) is 14.8. The fourth-order valence-corrected chi connectivity index (χ4v) is 8.81. The van der Waals surface area contributed by atoms with Gasteiger partial charge in [0.05, 0.1) is 11.1 Å². The molecule has 8 rings (SSSR count). The molecular weight excluding hydrogens is 725 g/mol. The molecule has 0 heterocycles. The topological polar surface area (TPSA) is 24.4 Å². The van der Waals surface area contributed by atoms with Crippen molar-refractivity contribution in [3.63, 3.8) is 0 Å². The highest BCUT2D eigenvalue weighted by molar-refractivity contribution is 5.91. The summed E-state index contributed by atoms with van der Waals surface area (Å²) < 4.78 is 0. The van der Waals surface area contributed by atoms with Crippen LogP contribution in [0.5, 0.6) is 0 Å². The molecular formula is C58H48N2. The number of aliphatic imine (C=N–C) groups is 1. The van der Waals surface area contributed by atoms with Gasteiger partial charge in [0.15, 0.2) is 0 Å². The number of hydrogen-bond acceptors (Lipinski definition) is 2. The highest BCUT2D eigenvalue weighted by Crippen LogP contribution is 2.58. The molecule has 0 spiro atoms. The molecule has 0 saturated carbocycles. The Morgan fingerprint density at radius 3 is 2.10 bits per heavy atom. The van der Waals surface area contributed by atoms with E-state index in [2.05, 4.69) is 206 Å². The minimum atomic E-state index is -0.701. The Morgan fingerprint density at radius 1 is 0.633 bits per heavy atom. The van der Waals surface area contributed by atoms with Crippen LogP contribution in [0, 0.1) is 0 Å². The zero-order valence-electron chi connectivity index (χ0n) is 34.0. The smallest absolute Gasteiger partial charge is 0.0736 e. The normalized spacial score (nSPS) is 17.6. The first-order valence-electron chi connectivity index (χ1n) is 20.4. The van der Waals surface area contributed by atoms with Crippen LogP contribution in [0.2, 0.25) is 0 Å². The van der Waals surface area contributed by atoms with Gasteiger partial charge in [0, 0.05) is 23.4 Å². The molecule has 290 valence electrons. The highest BCUT2D eigenvalue weighted by Gasteiger charge is 2.47. The molecule has 0 fully saturated rings. The van der Waals surface area contributed by atoms with Crippen molar-refractivity contribution in [3.05, 3.63) is 277 Å². The molecule has 2 nitrogen and oxygen atoms in total. The van der Waals surface area contributed by atoms with Crippen molar-refractivity contribution in [1.29, 1.82) is 0 Å². The van der Waals surface area contributed by atoms with Crippen LogP contribution in [0.25, 0.3) is 39.1 Å². The summed E-state index contributed by atoms with van der Waals surface area (Å²) in [5, 5.41) is 3.62. The summed E-state index contributed by atoms with van der Waals surface area (Å²) in [7, 11) is 0. The van der Waals surface area contributed by atoms with E-state index in [1.807, 2.05) is 43.5 Å². The van der Waals surface area contributed by atoms with E-state index < -0.39 is 5.41 Å². The average Bonchev–Trinajstić information content (AvgIpc) is 3.60. The van der Waals surface area contributed by atoms with Gasteiger partial charge in [0.25, 0.3) is 0 Å². The van der Waals surface area contributed by atoms with Crippen molar-refractivity contribution < 1.29 is 0 Å². The highest BCUT2D eigenvalue weighted by atomic mass is 14.8. The minimum absolute atomic E-state index is 0.0544. The Labute approximate surface area is 355 Å². The van der Waals surface area contributed by atoms with Gasteiger partial charge in [-0.3, -0.25) is 4.99 Å². The minimum Gasteiger partial charge on any atom is -0.361 e. The molecule has 0 amide bonds. The maximum Gasteiger partial charge on any atom is 0.0736 e. The number of allylic oxidation sites excluding steroid dienone is 14. The molecule has 0 aliphatic heterocycles. The van der Waals surface area contributed by atoms with E-state index in [1.165, 1.54) is 38.9 Å². The van der Waals surface area contributed by atoms with Crippen LogP contribution in [0.3, 0.4) is 0 Å². The summed E-state index contributed by atoms with van der Waals surface area (Å²) in [5.74, 6) is -0.0544. The number of rotatable bonds is 13. The molecule has 2 atom stereocenters. The summed E-state index contributed by atoms with van der Waals surface area (Å²) in [5.41, 5.74) is 16.1. The van der Waals surface area contributed by atoms with E-state index in [0.29, 0.717) is 0 Å². The number of anilines is 1. The Morgan fingerprint density at radius 2 is 1.32 bits per heavy atom. The third-order valence-corrected chi connectivity index (χ3v) is 11.5. The summed E-state index contributed by atoms with van der Waals surface area (Å²) >= 11 is 0. The molecule has 6 aromatic rings. The zero-order valence-corrected chi connectivity index (χ0v) is 34.0. The van der Waals surface area contributed by atoms with Gasteiger partial charge in [-0.15, -0.1) is 0 Å². The number of benzene rings is 6. The van der Waals surface area contributed by atoms with Crippen LogP contribution < -0.4 is 5.32 Å². The Bertz CT molecular complexity index is 2780. The Balaban J connectivity index is 1.29. The molecule has 2 unspecified atom stereocenters. The van der Waals surface area contributed by atoms with Crippen LogP contribution in [0.1, 0.15) is 40.7 Å². The molecule has 2 aliphatic rings. The van der Waals surface area contributed by atoms with Gasteiger partial charge in [0.2, 0.25) is 0 Å². The second-order valence-electron chi connectivity index (χ2n) is 14.9. The molecule has 1 N–H and O–H groups in total. The van der Waals surface area contributed by atoms with Crippen LogP contribution in [-0.2, 0) is 5.41 Å². The van der Waals surface area contributed by atoms with Crippen molar-refractivity contribution in [2.45, 2.75) is 18.3 Å². The van der Waals surface area contributed by atoms with Crippen molar-refractivity contribution >= 4 is 18.1 Å². The van der Waals surface area contributed by atoms with Crippen LogP contribution in [0.15, 0.2) is 254 Å². The predicted molar refractivity (Wildman–Crippen MR) is 258 cm³/mol. The lowest BCUT2D eigenvalue weighted by molar-refractivity contribution is 0.773. The largest absolute Gasteiger partial charge is 0.361 e. The number of para-hydroxylation sites is 1. The maximum absolute atomic E-state index is 4.87. The second kappa shape index (κ2) is 17.9. The zero-order chi connectivity index (χ0) is 41.3. The second-order valence-corrected chi connectivity index (χ2v) is 14.9. The monoisotopic (exact) mass is 772 g/mol. The molecule has 6 aromatic carbocycles. The van der Waals surface area contributed by atoms with Gasteiger partial charge in [0.1, 0.15) is 0 Å². The number of hydrogen-bond donors (Lipinski definition) is 1. The molecule has 60 heavy (non-hydrogen) atoms. The lowest BCUT2D eigenvalue weighted by atomic mass is 9.66. The van der Waals surface area contributed by atoms with Gasteiger partial charge in [-0.25, -0.2) is 0 Å². The maximum atomic E-state index is 4.87. The van der Waals surface area contributed by atoms with E-state index in [0.717, 1.165) is 44.8 Å². The van der Waals surface area contributed by atoms with Gasteiger partial charge >= 0.3 is 0 Å². The first kappa shape index (κ1) is 39.3. The molecule has 0 bridgehead atoms. The Hall–Kier alpha value is -7.55. The van der Waals surface area contributed by atoms with Crippen molar-refractivity contribution in [2.75, 3.05) is 5.32 Å². The van der Waals surface area contributed by atoms with E-state index in [9.17, 15) is 0 Å². The average molecular weight is 773 g/mol. The first-order valence-corrected chi connectivity index (χ1v) is 20.4. The number of fused-ring (bicyclic) bond motifs is 3. The first-order chi connectivity index (χ1) is 29.6. The third-order valence-electron chi connectivity index (χ3n) is 11.5. The van der Waals surface area contributed by atoms with Gasteiger partial charge < -0.3 is 5.32 Å². The quantitative estimate of drug-likeness (QED) is 0.0917. The van der Waals surface area contributed by atoms with Crippen molar-refractivity contribution in [1.82, 2.24) is 0 Å². The lowest BCUT2D eigenvalue weighted by Crippen LogP contribution is -2.29. The summed E-state index contributed by atoms with van der Waals surface area (Å²) in [4.78, 5) is 4.68. The van der Waals surface area contributed by atoms with Gasteiger partial charge in [-0.2, -0.15) is 0 Å². The lowest BCUT2D eigenvalue weighted by Gasteiger charge is -2.36. The summed E-state index contributed by atoms with van der Waals surface area (Å²) in [6.07, 6.45) is 26.7. The van der Waals surface area contributed by atoms with Gasteiger partial charge in [-0.05, 0) is 98.6 Å². The fourth-order valence-electron chi connectivity index (χ4n) is 8.81. The number of nitrogens with one attached hydrogen (secondary N) is 1. The molecule has 2 aliphatic carbocycles. The van der Waals surface area contributed by atoms with E-state index in [1.54, 1.807) is 6.08 Å². The van der Waals surface area contributed by atoms with E-state index >= 15 is 0 Å². The van der Waals surface area contributed by atoms with Gasteiger partial charge in [-0.1, -0.05) is 213 Å².